The molecule has 0 unspecified atom stereocenters. The maximum Gasteiger partial charge on any atom is 0.336 e. The molecule has 2 heterocycles. The number of carboxylic acid groups (broad SMARTS) is 1. The Labute approximate surface area is 205 Å². The van der Waals surface area contributed by atoms with E-state index in [0.717, 1.165) is 27.8 Å². The minimum atomic E-state index is -3.67. The highest BCUT2D eigenvalue weighted by Gasteiger charge is 2.16. The number of aromatic carboxylic acids is 1. The van der Waals surface area contributed by atoms with Gasteiger partial charge in [-0.3, -0.25) is 4.72 Å². The number of carboxylic acids is 1. The van der Waals surface area contributed by atoms with Crippen molar-refractivity contribution in [2.24, 2.45) is 0 Å². The maximum absolute atomic E-state index is 12.5. The molecule has 3 N–H and O–H groups in total. The van der Waals surface area contributed by atoms with Crippen LogP contribution in [-0.2, 0) is 10.0 Å². The Bertz CT molecular complexity index is 1720. The predicted molar refractivity (Wildman–Crippen MR) is 138 cm³/mol. The maximum atomic E-state index is 12.5. The van der Waals surface area contributed by atoms with Crippen LogP contribution in [0.5, 0.6) is 0 Å². The number of H-pyrrole nitrogens is 1. The molecule has 3 aromatic carbocycles. The Hall–Kier alpha value is -4.32. The van der Waals surface area contributed by atoms with E-state index in [9.17, 15) is 18.3 Å². The van der Waals surface area contributed by atoms with E-state index in [1.54, 1.807) is 53.9 Å². The van der Waals surface area contributed by atoms with E-state index in [1.807, 2.05) is 30.5 Å². The number of anilines is 1. The van der Waals surface area contributed by atoms with Crippen LogP contribution in [0.1, 0.15) is 21.5 Å². The fraction of sp³-hybridized carbons (Fsp3) is 0. The first-order valence-corrected chi connectivity index (χ1v) is 12.9. The van der Waals surface area contributed by atoms with E-state index < -0.39 is 16.0 Å². The molecule has 172 valence electrons. The van der Waals surface area contributed by atoms with Gasteiger partial charge >= 0.3 is 5.97 Å². The summed E-state index contributed by atoms with van der Waals surface area (Å²) in [5.74, 6) is 5.09. The number of rotatable bonds is 5. The first-order chi connectivity index (χ1) is 16.9. The SMILES string of the molecule is O=C(O)c1cccc(C#Cc2cccc(NS(=O)(=O)c3cccs3)c2)c1-c1ccc2cc[nH]c2c1. The lowest BCUT2D eigenvalue weighted by atomic mass is 9.93. The number of thiophene rings is 1. The summed E-state index contributed by atoms with van der Waals surface area (Å²) in [5.41, 5.74) is 3.84. The van der Waals surface area contributed by atoms with Crippen molar-refractivity contribution >= 4 is 43.9 Å². The smallest absolute Gasteiger partial charge is 0.336 e. The molecule has 0 saturated carbocycles. The summed E-state index contributed by atoms with van der Waals surface area (Å²) < 4.78 is 27.9. The van der Waals surface area contributed by atoms with Gasteiger partial charge in [-0.1, -0.05) is 42.2 Å². The fourth-order valence-corrected chi connectivity index (χ4v) is 5.81. The third kappa shape index (κ3) is 4.68. The number of carbonyl (C=O) groups is 1. The van der Waals surface area contributed by atoms with Crippen LogP contribution >= 0.6 is 11.3 Å². The molecule has 5 aromatic rings. The van der Waals surface area contributed by atoms with Crippen LogP contribution in [0, 0.1) is 11.8 Å². The second-order valence-corrected chi connectivity index (χ2v) is 10.5. The number of sulfonamides is 1. The van der Waals surface area contributed by atoms with E-state index in [-0.39, 0.29) is 9.77 Å². The lowest BCUT2D eigenvalue weighted by Gasteiger charge is -2.10. The van der Waals surface area contributed by atoms with Crippen LogP contribution in [0.15, 0.2) is 94.6 Å². The highest BCUT2D eigenvalue weighted by atomic mass is 32.2. The molecular weight excluding hydrogens is 480 g/mol. The molecule has 6 nitrogen and oxygen atoms in total. The molecule has 5 rings (SSSR count). The van der Waals surface area contributed by atoms with Gasteiger partial charge in [-0.25, -0.2) is 13.2 Å². The minimum Gasteiger partial charge on any atom is -0.478 e. The van der Waals surface area contributed by atoms with Crippen LogP contribution in [0.4, 0.5) is 5.69 Å². The van der Waals surface area contributed by atoms with Gasteiger partial charge in [0.1, 0.15) is 4.21 Å². The molecule has 0 amide bonds. The molecule has 0 bridgehead atoms. The van der Waals surface area contributed by atoms with Gasteiger partial charge in [-0.05, 0) is 64.9 Å². The van der Waals surface area contributed by atoms with Crippen molar-refractivity contribution in [3.8, 4) is 23.0 Å². The standard InChI is InChI=1S/C27H18N2O4S2/c30-27(31)23-7-2-5-20(26(23)21-12-11-19-13-14-28-24(19)17-21)10-9-18-4-1-6-22(16-18)29-35(32,33)25-8-3-15-34-25/h1-8,11-17,28-29H,(H,30,31). The molecule has 0 aliphatic carbocycles. The zero-order valence-corrected chi connectivity index (χ0v) is 19.8. The Kier molecular flexibility index (Phi) is 5.87. The summed E-state index contributed by atoms with van der Waals surface area (Å²) in [7, 11) is -3.67. The van der Waals surface area contributed by atoms with Gasteiger partial charge in [0.15, 0.2) is 0 Å². The molecule has 0 atom stereocenters. The average Bonchev–Trinajstić information content (AvgIpc) is 3.54. The number of benzene rings is 3. The lowest BCUT2D eigenvalue weighted by molar-refractivity contribution is 0.0697. The molecule has 0 spiro atoms. The zero-order chi connectivity index (χ0) is 24.4. The number of fused-ring (bicyclic) bond motifs is 1. The van der Waals surface area contributed by atoms with Gasteiger partial charge in [0.2, 0.25) is 0 Å². The van der Waals surface area contributed by atoms with Crippen LogP contribution in [0.3, 0.4) is 0 Å². The number of hydrogen-bond acceptors (Lipinski definition) is 4. The first-order valence-electron chi connectivity index (χ1n) is 10.5. The van der Waals surface area contributed by atoms with Crippen LogP contribution in [-0.4, -0.2) is 24.5 Å². The quantitative estimate of drug-likeness (QED) is 0.267. The normalized spacial score (nSPS) is 11.1. The van der Waals surface area contributed by atoms with Gasteiger partial charge in [-0.15, -0.1) is 11.3 Å². The van der Waals surface area contributed by atoms with Gasteiger partial charge < -0.3 is 10.1 Å². The van der Waals surface area contributed by atoms with E-state index >= 15 is 0 Å². The van der Waals surface area contributed by atoms with Crippen molar-refractivity contribution in [3.63, 3.8) is 0 Å². The number of aromatic amines is 1. The second-order valence-electron chi connectivity index (χ2n) is 7.68. The molecule has 8 heteroatoms. The highest BCUT2D eigenvalue weighted by molar-refractivity contribution is 7.94. The zero-order valence-electron chi connectivity index (χ0n) is 18.1. The Morgan fingerprint density at radius 2 is 1.80 bits per heavy atom. The number of aromatic nitrogens is 1. The van der Waals surface area contributed by atoms with Crippen molar-refractivity contribution < 1.29 is 18.3 Å². The molecule has 35 heavy (non-hydrogen) atoms. The van der Waals surface area contributed by atoms with Crippen LogP contribution in [0.25, 0.3) is 22.0 Å². The summed E-state index contributed by atoms with van der Waals surface area (Å²) in [5, 5.41) is 12.5. The predicted octanol–water partition coefficient (Wildman–Crippen LogP) is 5.80. The third-order valence-corrected chi connectivity index (χ3v) is 8.13. The van der Waals surface area contributed by atoms with Crippen LogP contribution in [0.2, 0.25) is 0 Å². The van der Waals surface area contributed by atoms with Crippen molar-refractivity contribution in [2.45, 2.75) is 4.21 Å². The summed E-state index contributed by atoms with van der Waals surface area (Å²) in [6.07, 6.45) is 1.83. The molecule has 0 radical (unpaired) electrons. The summed E-state index contributed by atoms with van der Waals surface area (Å²) >= 11 is 1.14. The summed E-state index contributed by atoms with van der Waals surface area (Å²) in [6, 6.07) is 22.6. The van der Waals surface area contributed by atoms with Crippen molar-refractivity contribution in [1.82, 2.24) is 4.98 Å². The molecule has 2 aromatic heterocycles. The van der Waals surface area contributed by atoms with E-state index in [0.29, 0.717) is 22.4 Å². The molecular formula is C27H18N2O4S2. The van der Waals surface area contributed by atoms with E-state index in [2.05, 4.69) is 21.5 Å². The Morgan fingerprint density at radius 3 is 2.60 bits per heavy atom. The van der Waals surface area contributed by atoms with Crippen molar-refractivity contribution in [2.75, 3.05) is 4.72 Å². The third-order valence-electron chi connectivity index (χ3n) is 5.35. The number of hydrogen-bond donors (Lipinski definition) is 3. The van der Waals surface area contributed by atoms with E-state index in [1.165, 1.54) is 6.07 Å². The van der Waals surface area contributed by atoms with Crippen LogP contribution < -0.4 is 4.72 Å². The Balaban J connectivity index is 1.53. The Morgan fingerprint density at radius 1 is 0.943 bits per heavy atom. The van der Waals surface area contributed by atoms with Gasteiger partial charge in [0, 0.05) is 28.4 Å². The first kappa shape index (κ1) is 22.5. The summed E-state index contributed by atoms with van der Waals surface area (Å²) in [6.45, 7) is 0. The monoisotopic (exact) mass is 498 g/mol. The summed E-state index contributed by atoms with van der Waals surface area (Å²) in [4.78, 5) is 15.1. The second kappa shape index (κ2) is 9.14. The van der Waals surface area contributed by atoms with Crippen molar-refractivity contribution in [3.05, 3.63) is 107 Å². The largest absolute Gasteiger partial charge is 0.478 e. The fourth-order valence-electron chi connectivity index (χ4n) is 3.77. The van der Waals surface area contributed by atoms with E-state index in [4.69, 9.17) is 0 Å². The number of nitrogens with one attached hydrogen (secondary N) is 2. The molecule has 0 aliphatic heterocycles. The average molecular weight is 499 g/mol. The lowest BCUT2D eigenvalue weighted by Crippen LogP contribution is -2.11. The molecule has 0 fully saturated rings. The highest BCUT2D eigenvalue weighted by Crippen LogP contribution is 2.30. The van der Waals surface area contributed by atoms with Gasteiger partial charge in [0.25, 0.3) is 10.0 Å². The van der Waals surface area contributed by atoms with Gasteiger partial charge in [0.05, 0.1) is 11.3 Å². The minimum absolute atomic E-state index is 0.153. The topological polar surface area (TPSA) is 99.3 Å². The molecule has 0 aliphatic rings. The van der Waals surface area contributed by atoms with Gasteiger partial charge in [-0.2, -0.15) is 0 Å². The molecule has 0 saturated heterocycles. The van der Waals surface area contributed by atoms with Crippen molar-refractivity contribution in [1.29, 1.82) is 0 Å².